The standard InChI is InChI=1S/C24H38ClFN2O3/c1-15(2)17-5-3-16(4-6-17)10-27-22(30)23-12-24(13-23,14-23)28-21(29)11-31-18-7-8-19(25)20(26)9-18/h15-20H,3-14H2,1-2H3,(H,27,30)(H,28,29). The summed E-state index contributed by atoms with van der Waals surface area (Å²) >= 11 is 5.89. The molecule has 0 saturated heterocycles. The van der Waals surface area contributed by atoms with E-state index in [0.29, 0.717) is 18.8 Å². The van der Waals surface area contributed by atoms with Gasteiger partial charge in [0.2, 0.25) is 11.8 Å². The summed E-state index contributed by atoms with van der Waals surface area (Å²) in [6.07, 6.45) is 7.38. The molecule has 2 bridgehead atoms. The fourth-order valence-electron chi connectivity index (χ4n) is 6.36. The molecule has 5 nitrogen and oxygen atoms in total. The molecule has 5 aliphatic carbocycles. The topological polar surface area (TPSA) is 67.4 Å². The van der Waals surface area contributed by atoms with Crippen molar-refractivity contribution in [1.82, 2.24) is 10.6 Å². The largest absolute Gasteiger partial charge is 0.368 e. The molecule has 176 valence electrons. The van der Waals surface area contributed by atoms with Gasteiger partial charge >= 0.3 is 0 Å². The molecular weight excluding hydrogens is 419 g/mol. The van der Waals surface area contributed by atoms with Crippen LogP contribution in [0, 0.1) is 23.2 Å². The Kier molecular flexibility index (Phi) is 6.88. The molecule has 7 heteroatoms. The maximum Gasteiger partial charge on any atom is 0.246 e. The quantitative estimate of drug-likeness (QED) is 0.540. The van der Waals surface area contributed by atoms with Crippen LogP contribution >= 0.6 is 11.6 Å². The van der Waals surface area contributed by atoms with Crippen molar-refractivity contribution >= 4 is 23.4 Å². The molecule has 0 aromatic heterocycles. The van der Waals surface area contributed by atoms with Crippen LogP contribution in [-0.2, 0) is 14.3 Å². The van der Waals surface area contributed by atoms with Gasteiger partial charge in [-0.05, 0) is 75.5 Å². The van der Waals surface area contributed by atoms with Gasteiger partial charge in [0.25, 0.3) is 0 Å². The summed E-state index contributed by atoms with van der Waals surface area (Å²) in [7, 11) is 0. The number of carbonyl (C=O) groups is 2. The predicted octanol–water partition coefficient (Wildman–Crippen LogP) is 4.12. The lowest BCUT2D eigenvalue weighted by Crippen LogP contribution is -2.78. The Morgan fingerprint density at radius 2 is 1.77 bits per heavy atom. The number of ether oxygens (including phenoxy) is 1. The van der Waals surface area contributed by atoms with E-state index in [4.69, 9.17) is 16.3 Å². The first-order valence-corrected chi connectivity index (χ1v) is 12.6. The normalized spacial score (nSPS) is 41.8. The van der Waals surface area contributed by atoms with Crippen LogP contribution < -0.4 is 10.6 Å². The summed E-state index contributed by atoms with van der Waals surface area (Å²) in [6.45, 7) is 5.35. The van der Waals surface area contributed by atoms with Crippen LogP contribution in [0.2, 0.25) is 0 Å². The zero-order valence-corrected chi connectivity index (χ0v) is 19.7. The van der Waals surface area contributed by atoms with Gasteiger partial charge in [0.05, 0.1) is 16.9 Å². The van der Waals surface area contributed by atoms with Gasteiger partial charge in [-0.1, -0.05) is 13.8 Å². The van der Waals surface area contributed by atoms with E-state index in [2.05, 4.69) is 24.5 Å². The Morgan fingerprint density at radius 1 is 1.10 bits per heavy atom. The first-order valence-electron chi connectivity index (χ1n) is 12.2. The van der Waals surface area contributed by atoms with Crippen LogP contribution in [0.4, 0.5) is 4.39 Å². The van der Waals surface area contributed by atoms with Crippen molar-refractivity contribution in [1.29, 1.82) is 0 Å². The minimum Gasteiger partial charge on any atom is -0.368 e. The van der Waals surface area contributed by atoms with Gasteiger partial charge in [-0.15, -0.1) is 11.6 Å². The summed E-state index contributed by atoms with van der Waals surface area (Å²) in [5, 5.41) is 5.82. The Balaban J connectivity index is 1.11. The van der Waals surface area contributed by atoms with Crippen LogP contribution in [0.1, 0.15) is 78.1 Å². The monoisotopic (exact) mass is 456 g/mol. The summed E-state index contributed by atoms with van der Waals surface area (Å²) < 4.78 is 19.3. The van der Waals surface area contributed by atoms with Crippen molar-refractivity contribution in [3.05, 3.63) is 0 Å². The average Bonchev–Trinajstić information content (AvgIpc) is 2.69. The summed E-state index contributed by atoms with van der Waals surface area (Å²) in [5.41, 5.74) is -0.507. The highest BCUT2D eigenvalue weighted by atomic mass is 35.5. The molecule has 0 heterocycles. The van der Waals surface area contributed by atoms with Gasteiger partial charge < -0.3 is 15.4 Å². The van der Waals surface area contributed by atoms with Crippen molar-refractivity contribution in [3.8, 4) is 0 Å². The highest BCUT2D eigenvalue weighted by Crippen LogP contribution is 2.67. The number of nitrogens with one attached hydrogen (secondary N) is 2. The zero-order chi connectivity index (χ0) is 22.2. The molecule has 2 N–H and O–H groups in total. The second-order valence-electron chi connectivity index (χ2n) is 11.2. The van der Waals surface area contributed by atoms with Crippen molar-refractivity contribution in [2.45, 2.75) is 101 Å². The Morgan fingerprint density at radius 3 is 2.39 bits per heavy atom. The van der Waals surface area contributed by atoms with E-state index in [1.807, 2.05) is 0 Å². The summed E-state index contributed by atoms with van der Waals surface area (Å²) in [6, 6.07) is 0. The third-order valence-electron chi connectivity index (χ3n) is 8.40. The molecule has 3 unspecified atom stereocenters. The van der Waals surface area contributed by atoms with E-state index in [9.17, 15) is 14.0 Å². The third-order valence-corrected chi connectivity index (χ3v) is 8.89. The summed E-state index contributed by atoms with van der Waals surface area (Å²) in [4.78, 5) is 25.0. The van der Waals surface area contributed by atoms with E-state index in [0.717, 1.165) is 37.6 Å². The SMILES string of the molecule is CC(C)C1CCC(CNC(=O)C23CC(NC(=O)COC4CCC(Cl)C(F)C4)(C2)C3)CC1. The number of hydrogen-bond donors (Lipinski definition) is 2. The molecule has 0 aliphatic heterocycles. The highest BCUT2D eigenvalue weighted by Gasteiger charge is 2.72. The number of carbonyl (C=O) groups excluding carboxylic acids is 2. The second-order valence-corrected chi connectivity index (χ2v) is 11.7. The van der Waals surface area contributed by atoms with Crippen molar-refractivity contribution in [2.24, 2.45) is 23.2 Å². The van der Waals surface area contributed by atoms with Gasteiger partial charge in [0, 0.05) is 18.5 Å². The minimum absolute atomic E-state index is 0.0513. The number of rotatable bonds is 8. The maximum absolute atomic E-state index is 13.7. The van der Waals surface area contributed by atoms with E-state index in [-0.39, 0.29) is 41.9 Å². The van der Waals surface area contributed by atoms with Crippen LogP contribution in [-0.4, -0.2) is 48.2 Å². The molecule has 0 aromatic rings. The average molecular weight is 457 g/mol. The molecular formula is C24H38ClFN2O3. The molecule has 0 radical (unpaired) electrons. The van der Waals surface area contributed by atoms with E-state index < -0.39 is 11.5 Å². The Bertz CT molecular complexity index is 660. The molecule has 0 aromatic carbocycles. The lowest BCUT2D eigenvalue weighted by Gasteiger charge is -2.69. The molecule has 5 fully saturated rings. The van der Waals surface area contributed by atoms with E-state index >= 15 is 0 Å². The van der Waals surface area contributed by atoms with Crippen LogP contribution in [0.3, 0.4) is 0 Å². The number of alkyl halides is 2. The first kappa shape index (κ1) is 23.3. The van der Waals surface area contributed by atoms with Gasteiger partial charge in [-0.2, -0.15) is 0 Å². The van der Waals surface area contributed by atoms with Crippen molar-refractivity contribution in [2.75, 3.05) is 13.2 Å². The minimum atomic E-state index is -1.07. The molecule has 0 spiro atoms. The molecule has 31 heavy (non-hydrogen) atoms. The molecule has 5 aliphatic rings. The second kappa shape index (κ2) is 9.17. The molecule has 5 rings (SSSR count). The molecule has 2 amide bonds. The highest BCUT2D eigenvalue weighted by molar-refractivity contribution is 6.21. The van der Waals surface area contributed by atoms with Crippen LogP contribution in [0.15, 0.2) is 0 Å². The third kappa shape index (κ3) is 5.05. The number of halogens is 2. The predicted molar refractivity (Wildman–Crippen MR) is 119 cm³/mol. The lowest BCUT2D eigenvalue weighted by molar-refractivity contribution is -0.185. The van der Waals surface area contributed by atoms with Crippen molar-refractivity contribution < 1.29 is 18.7 Å². The first-order chi connectivity index (χ1) is 14.7. The van der Waals surface area contributed by atoms with Crippen LogP contribution in [0.5, 0.6) is 0 Å². The van der Waals surface area contributed by atoms with Crippen LogP contribution in [0.25, 0.3) is 0 Å². The summed E-state index contributed by atoms with van der Waals surface area (Å²) in [5.74, 6) is 2.20. The zero-order valence-electron chi connectivity index (χ0n) is 18.9. The smallest absolute Gasteiger partial charge is 0.246 e. The molecule has 5 saturated carbocycles. The fourth-order valence-corrected chi connectivity index (χ4v) is 6.59. The van der Waals surface area contributed by atoms with Gasteiger partial charge in [0.15, 0.2) is 0 Å². The Labute approximate surface area is 190 Å². The maximum atomic E-state index is 13.7. The van der Waals surface area contributed by atoms with Crippen molar-refractivity contribution in [3.63, 3.8) is 0 Å². The fraction of sp³-hybridized carbons (Fsp3) is 0.917. The number of hydrogen-bond acceptors (Lipinski definition) is 3. The lowest BCUT2D eigenvalue weighted by atomic mass is 9.39. The Hall–Kier alpha value is -0.880. The van der Waals surface area contributed by atoms with Gasteiger partial charge in [-0.25, -0.2) is 4.39 Å². The van der Waals surface area contributed by atoms with Gasteiger partial charge in [-0.3, -0.25) is 9.59 Å². The number of amides is 2. The van der Waals surface area contributed by atoms with Gasteiger partial charge in [0.1, 0.15) is 12.8 Å². The molecule has 3 atom stereocenters. The van der Waals surface area contributed by atoms with E-state index in [1.165, 1.54) is 25.7 Å². The van der Waals surface area contributed by atoms with E-state index in [1.54, 1.807) is 0 Å².